The van der Waals surface area contributed by atoms with Crippen LogP contribution in [0.4, 0.5) is 27.4 Å². The van der Waals surface area contributed by atoms with Crippen molar-refractivity contribution in [2.75, 3.05) is 23.8 Å². The molecular formula is C22H21FN8O. The smallest absolute Gasteiger partial charge is 0.244 e. The third kappa shape index (κ3) is 3.16. The third-order valence-corrected chi connectivity index (χ3v) is 5.77. The topological polar surface area (TPSA) is 128 Å². The number of hydrogen-bond acceptors (Lipinski definition) is 7. The number of pyridine rings is 2. The number of aromatic nitrogens is 4. The van der Waals surface area contributed by atoms with Crippen LogP contribution >= 0.6 is 0 Å². The normalized spacial score (nSPS) is 13.5. The van der Waals surface area contributed by atoms with E-state index >= 15 is 4.39 Å². The minimum atomic E-state index is -0.536. The lowest BCUT2D eigenvalue weighted by Gasteiger charge is -2.22. The molecular weight excluding hydrogens is 411 g/mol. The Bertz CT molecular complexity index is 1400. The van der Waals surface area contributed by atoms with Gasteiger partial charge in [0, 0.05) is 42.0 Å². The van der Waals surface area contributed by atoms with E-state index in [9.17, 15) is 4.79 Å². The molecule has 5 rings (SSSR count). The number of rotatable bonds is 3. The van der Waals surface area contributed by atoms with Gasteiger partial charge in [-0.3, -0.25) is 14.5 Å². The second-order valence-corrected chi connectivity index (χ2v) is 7.90. The second kappa shape index (κ2) is 7.19. The van der Waals surface area contributed by atoms with Crippen molar-refractivity contribution < 1.29 is 9.18 Å². The maximum absolute atomic E-state index is 15.1. The molecule has 0 saturated heterocycles. The first kappa shape index (κ1) is 19.7. The Kier molecular flexibility index (Phi) is 4.43. The van der Waals surface area contributed by atoms with Crippen molar-refractivity contribution in [2.45, 2.75) is 20.0 Å². The number of nitrogens with one attached hydrogen (secondary N) is 1. The van der Waals surface area contributed by atoms with Crippen molar-refractivity contribution in [3.8, 4) is 11.1 Å². The van der Waals surface area contributed by atoms with E-state index in [4.69, 9.17) is 11.5 Å². The number of halogens is 1. The third-order valence-electron chi connectivity index (χ3n) is 5.77. The predicted molar refractivity (Wildman–Crippen MR) is 120 cm³/mol. The Labute approximate surface area is 182 Å². The summed E-state index contributed by atoms with van der Waals surface area (Å²) >= 11 is 0. The molecule has 0 atom stereocenters. The van der Waals surface area contributed by atoms with Crippen LogP contribution < -0.4 is 16.8 Å². The number of amides is 1. The average Bonchev–Trinajstić information content (AvgIpc) is 3.14. The highest BCUT2D eigenvalue weighted by molar-refractivity contribution is 5.98. The van der Waals surface area contributed by atoms with E-state index in [1.807, 2.05) is 13.0 Å². The van der Waals surface area contributed by atoms with Gasteiger partial charge in [-0.25, -0.2) is 9.37 Å². The molecule has 4 heterocycles. The summed E-state index contributed by atoms with van der Waals surface area (Å²) in [5, 5.41) is 8.81. The van der Waals surface area contributed by atoms with E-state index < -0.39 is 5.82 Å². The molecule has 4 aromatic rings. The first-order valence-electron chi connectivity index (χ1n) is 9.97. The molecule has 1 aliphatic rings. The van der Waals surface area contributed by atoms with Gasteiger partial charge in [-0.05, 0) is 30.0 Å². The summed E-state index contributed by atoms with van der Waals surface area (Å²) in [6.07, 6.45) is 4.63. The standard InChI is InChI=1S/C22H21FN8O/c1-11-15(6-26-8-17(11)24)14-3-12-4-18(27-7-16(12)22(25)21(14)23)28-19-5-13-9-30(2)20(32)10-31(13)29-19/h3-8H,9-10,24-25H2,1-2H3,(H,27,28,29). The summed E-state index contributed by atoms with van der Waals surface area (Å²) in [5.41, 5.74) is 15.1. The van der Waals surface area contributed by atoms with Gasteiger partial charge in [0.15, 0.2) is 11.6 Å². The Morgan fingerprint density at radius 2 is 1.88 bits per heavy atom. The largest absolute Gasteiger partial charge is 0.397 e. The van der Waals surface area contributed by atoms with Gasteiger partial charge in [0.25, 0.3) is 0 Å². The number of anilines is 4. The van der Waals surface area contributed by atoms with Crippen LogP contribution in [0.25, 0.3) is 21.9 Å². The number of hydrogen-bond donors (Lipinski definition) is 3. The highest BCUT2D eigenvalue weighted by atomic mass is 19.1. The number of nitrogens with zero attached hydrogens (tertiary/aromatic N) is 5. The van der Waals surface area contributed by atoms with Crippen molar-refractivity contribution in [3.63, 3.8) is 0 Å². The lowest BCUT2D eigenvalue weighted by molar-refractivity contribution is -0.132. The zero-order chi connectivity index (χ0) is 22.6. The predicted octanol–water partition coefficient (Wildman–Crippen LogP) is 2.82. The average molecular weight is 432 g/mol. The molecule has 0 radical (unpaired) electrons. The Balaban J connectivity index is 1.54. The maximum atomic E-state index is 15.1. The molecule has 32 heavy (non-hydrogen) atoms. The molecule has 10 heteroatoms. The van der Waals surface area contributed by atoms with Gasteiger partial charge in [-0.15, -0.1) is 0 Å². The monoisotopic (exact) mass is 432 g/mol. The number of carbonyl (C=O) groups is 1. The van der Waals surface area contributed by atoms with Crippen LogP contribution in [0.2, 0.25) is 0 Å². The molecule has 1 aromatic carbocycles. The number of fused-ring (bicyclic) bond motifs is 2. The molecule has 0 fully saturated rings. The quantitative estimate of drug-likeness (QED) is 0.425. The van der Waals surface area contributed by atoms with E-state index in [2.05, 4.69) is 20.4 Å². The second-order valence-electron chi connectivity index (χ2n) is 7.90. The lowest BCUT2D eigenvalue weighted by Crippen LogP contribution is -2.36. The van der Waals surface area contributed by atoms with E-state index in [0.29, 0.717) is 45.8 Å². The molecule has 162 valence electrons. The van der Waals surface area contributed by atoms with Crippen LogP contribution in [-0.4, -0.2) is 37.6 Å². The van der Waals surface area contributed by atoms with E-state index in [1.54, 1.807) is 35.0 Å². The zero-order valence-corrected chi connectivity index (χ0v) is 17.6. The van der Waals surface area contributed by atoms with Crippen molar-refractivity contribution >= 4 is 39.7 Å². The van der Waals surface area contributed by atoms with Crippen LogP contribution in [0.15, 0.2) is 36.8 Å². The summed E-state index contributed by atoms with van der Waals surface area (Å²) < 4.78 is 16.8. The Morgan fingerprint density at radius 3 is 2.69 bits per heavy atom. The number of benzene rings is 1. The van der Waals surface area contributed by atoms with Gasteiger partial charge in [0.2, 0.25) is 5.91 Å². The summed E-state index contributed by atoms with van der Waals surface area (Å²) in [7, 11) is 1.76. The SMILES string of the molecule is Cc1c(N)cncc1-c1cc2cc(Nc3cc4n(n3)CC(=O)N(C)C4)ncc2c(N)c1F. The first-order chi connectivity index (χ1) is 15.3. The summed E-state index contributed by atoms with van der Waals surface area (Å²) in [6.45, 7) is 2.51. The van der Waals surface area contributed by atoms with Crippen LogP contribution in [-0.2, 0) is 17.9 Å². The lowest BCUT2D eigenvalue weighted by atomic mass is 9.97. The van der Waals surface area contributed by atoms with Gasteiger partial charge in [0.05, 0.1) is 29.8 Å². The number of nitrogen functional groups attached to an aromatic ring is 2. The van der Waals surface area contributed by atoms with E-state index in [1.165, 1.54) is 12.4 Å². The highest BCUT2D eigenvalue weighted by Gasteiger charge is 2.22. The maximum Gasteiger partial charge on any atom is 0.244 e. The van der Waals surface area contributed by atoms with Crippen molar-refractivity contribution in [1.82, 2.24) is 24.6 Å². The molecule has 0 aliphatic carbocycles. The molecule has 1 amide bonds. The molecule has 0 bridgehead atoms. The van der Waals surface area contributed by atoms with Gasteiger partial charge in [0.1, 0.15) is 12.4 Å². The number of carbonyl (C=O) groups excluding carboxylic acids is 1. The molecule has 5 N–H and O–H groups in total. The fraction of sp³-hybridized carbons (Fsp3) is 0.182. The minimum Gasteiger partial charge on any atom is -0.397 e. The molecule has 0 unspecified atom stereocenters. The molecule has 1 aliphatic heterocycles. The first-order valence-corrected chi connectivity index (χ1v) is 9.97. The van der Waals surface area contributed by atoms with E-state index in [0.717, 1.165) is 11.3 Å². The zero-order valence-electron chi connectivity index (χ0n) is 17.6. The van der Waals surface area contributed by atoms with Crippen LogP contribution in [0, 0.1) is 12.7 Å². The van der Waals surface area contributed by atoms with Gasteiger partial charge < -0.3 is 21.7 Å². The van der Waals surface area contributed by atoms with E-state index in [-0.39, 0.29) is 18.1 Å². The molecule has 0 spiro atoms. The molecule has 3 aromatic heterocycles. The highest BCUT2D eigenvalue weighted by Crippen LogP contribution is 2.36. The summed E-state index contributed by atoms with van der Waals surface area (Å²) in [5.74, 6) is 0.562. The van der Waals surface area contributed by atoms with Crippen molar-refractivity contribution in [2.24, 2.45) is 0 Å². The van der Waals surface area contributed by atoms with Gasteiger partial charge in [-0.2, -0.15) is 5.10 Å². The van der Waals surface area contributed by atoms with Crippen LogP contribution in [0.5, 0.6) is 0 Å². The van der Waals surface area contributed by atoms with Gasteiger partial charge in [-0.1, -0.05) is 0 Å². The van der Waals surface area contributed by atoms with Crippen LogP contribution in [0.1, 0.15) is 11.3 Å². The van der Waals surface area contributed by atoms with Crippen molar-refractivity contribution in [1.29, 1.82) is 0 Å². The minimum absolute atomic E-state index is 0.00680. The summed E-state index contributed by atoms with van der Waals surface area (Å²) in [6, 6.07) is 5.36. The molecule has 0 saturated carbocycles. The Hall–Kier alpha value is -4.21. The fourth-order valence-electron chi connectivity index (χ4n) is 3.87. The fourth-order valence-corrected chi connectivity index (χ4v) is 3.87. The Morgan fingerprint density at radius 1 is 1.06 bits per heavy atom. The van der Waals surface area contributed by atoms with Crippen LogP contribution in [0.3, 0.4) is 0 Å². The molecule has 9 nitrogen and oxygen atoms in total. The van der Waals surface area contributed by atoms with Crippen molar-refractivity contribution in [3.05, 3.63) is 53.9 Å². The number of likely N-dealkylation sites (N-methyl/N-ethyl adjacent to an activating group) is 1. The van der Waals surface area contributed by atoms with Gasteiger partial charge >= 0.3 is 0 Å². The summed E-state index contributed by atoms with van der Waals surface area (Å²) in [4.78, 5) is 22.0. The number of nitrogens with two attached hydrogens (primary N) is 2.